The van der Waals surface area contributed by atoms with Crippen molar-refractivity contribution in [1.29, 1.82) is 4.78 Å². The Bertz CT molecular complexity index is 891. The van der Waals surface area contributed by atoms with Gasteiger partial charge in [-0.1, -0.05) is 12.1 Å². The summed E-state index contributed by atoms with van der Waals surface area (Å²) in [6.07, 6.45) is -4.31. The number of ether oxygens (including phenoxy) is 1. The second-order valence-electron chi connectivity index (χ2n) is 6.19. The molecule has 3 rings (SSSR count). The minimum Gasteiger partial charge on any atom is -0.406 e. The SMILES string of the molecule is N=S(=O)(N[C@@]1(c2ccc(F)cc2)CCNC1)c1ccc(OC(F)(F)F)cc1. The van der Waals surface area contributed by atoms with Crippen LogP contribution < -0.4 is 14.8 Å². The molecule has 1 aliphatic rings. The molecule has 0 spiro atoms. The van der Waals surface area contributed by atoms with Gasteiger partial charge in [-0.2, -0.15) is 0 Å². The summed E-state index contributed by atoms with van der Waals surface area (Å²) in [5, 5.41) is 3.13. The third-order valence-corrected chi connectivity index (χ3v) is 5.89. The van der Waals surface area contributed by atoms with Gasteiger partial charge in [0, 0.05) is 6.54 Å². The maximum atomic E-state index is 13.2. The van der Waals surface area contributed by atoms with Gasteiger partial charge in [0.05, 0.1) is 10.4 Å². The maximum Gasteiger partial charge on any atom is 0.573 e. The Balaban J connectivity index is 1.86. The first-order valence-electron chi connectivity index (χ1n) is 8.00. The number of hydrogen-bond acceptors (Lipinski definition) is 4. The Labute approximate surface area is 153 Å². The lowest BCUT2D eigenvalue weighted by atomic mass is 9.90. The third kappa shape index (κ3) is 4.57. The van der Waals surface area contributed by atoms with Crippen molar-refractivity contribution in [3.05, 3.63) is 59.9 Å². The van der Waals surface area contributed by atoms with Crippen LogP contribution in [0.2, 0.25) is 0 Å². The van der Waals surface area contributed by atoms with Crippen LogP contribution in [0.5, 0.6) is 5.75 Å². The molecule has 0 saturated carbocycles. The summed E-state index contributed by atoms with van der Waals surface area (Å²) in [6.45, 7) is 0.988. The number of benzene rings is 2. The van der Waals surface area contributed by atoms with Gasteiger partial charge in [0.2, 0.25) is 0 Å². The molecule has 1 saturated heterocycles. The smallest absolute Gasteiger partial charge is 0.406 e. The monoisotopic (exact) mass is 403 g/mol. The summed E-state index contributed by atoms with van der Waals surface area (Å²) >= 11 is 0. The van der Waals surface area contributed by atoms with Gasteiger partial charge >= 0.3 is 6.36 Å². The van der Waals surface area contributed by atoms with Crippen molar-refractivity contribution in [2.24, 2.45) is 0 Å². The van der Waals surface area contributed by atoms with Crippen LogP contribution in [0.4, 0.5) is 17.6 Å². The van der Waals surface area contributed by atoms with Crippen LogP contribution in [0.25, 0.3) is 0 Å². The van der Waals surface area contributed by atoms with Crippen molar-refractivity contribution in [3.8, 4) is 5.75 Å². The van der Waals surface area contributed by atoms with E-state index in [0.29, 0.717) is 25.1 Å². The van der Waals surface area contributed by atoms with E-state index in [1.54, 1.807) is 12.1 Å². The van der Waals surface area contributed by atoms with Crippen LogP contribution in [0.1, 0.15) is 12.0 Å². The largest absolute Gasteiger partial charge is 0.573 e. The van der Waals surface area contributed by atoms with Gasteiger partial charge in [0.25, 0.3) is 0 Å². The maximum absolute atomic E-state index is 13.2. The van der Waals surface area contributed by atoms with E-state index in [-0.39, 0.29) is 4.90 Å². The lowest BCUT2D eigenvalue weighted by molar-refractivity contribution is -0.274. The van der Waals surface area contributed by atoms with E-state index in [2.05, 4.69) is 14.8 Å². The van der Waals surface area contributed by atoms with Crippen molar-refractivity contribution < 1.29 is 26.5 Å². The Morgan fingerprint density at radius 3 is 2.26 bits per heavy atom. The normalized spacial score (nSPS) is 22.4. The quantitative estimate of drug-likeness (QED) is 0.669. The highest BCUT2D eigenvalue weighted by atomic mass is 32.2. The fraction of sp³-hybridized carbons (Fsp3) is 0.294. The fourth-order valence-corrected chi connectivity index (χ4v) is 4.50. The average molecular weight is 403 g/mol. The second-order valence-corrected chi connectivity index (χ2v) is 7.98. The summed E-state index contributed by atoms with van der Waals surface area (Å²) < 4.78 is 77.8. The van der Waals surface area contributed by atoms with Gasteiger partial charge in [-0.3, -0.25) is 0 Å². The van der Waals surface area contributed by atoms with E-state index in [4.69, 9.17) is 4.78 Å². The molecule has 2 aromatic rings. The predicted octanol–water partition coefficient (Wildman–Crippen LogP) is 3.52. The van der Waals surface area contributed by atoms with Gasteiger partial charge in [0.15, 0.2) is 0 Å². The number of nitrogens with one attached hydrogen (secondary N) is 3. The average Bonchev–Trinajstić information content (AvgIpc) is 3.03. The standard InChI is InChI=1S/C17H17F4N3O2S/c18-13-3-1-12(2-4-13)16(9-10-23-11-16)24-27(22,25)15-7-5-14(6-8-15)26-17(19,20)21/h1-8,23H,9-11H2,(H2,22,24,25)/t16-,27?/m0/s1. The zero-order chi connectivity index (χ0) is 19.7. The van der Waals surface area contributed by atoms with E-state index in [1.165, 1.54) is 12.1 Å². The molecule has 27 heavy (non-hydrogen) atoms. The first-order chi connectivity index (χ1) is 12.6. The molecule has 10 heteroatoms. The van der Waals surface area contributed by atoms with Crippen molar-refractivity contribution >= 4 is 9.92 Å². The Morgan fingerprint density at radius 2 is 1.74 bits per heavy atom. The molecule has 1 heterocycles. The van der Waals surface area contributed by atoms with E-state index in [9.17, 15) is 21.8 Å². The summed E-state index contributed by atoms with van der Waals surface area (Å²) in [6, 6.07) is 10.0. The highest BCUT2D eigenvalue weighted by Crippen LogP contribution is 2.31. The molecule has 2 aromatic carbocycles. The van der Waals surface area contributed by atoms with Crippen LogP contribution in [0.3, 0.4) is 0 Å². The second kappa shape index (κ2) is 7.10. The predicted molar refractivity (Wildman–Crippen MR) is 91.0 cm³/mol. The minimum atomic E-state index is -4.83. The Morgan fingerprint density at radius 1 is 1.11 bits per heavy atom. The molecule has 1 aliphatic heterocycles. The molecule has 0 aliphatic carbocycles. The molecule has 146 valence electrons. The van der Waals surface area contributed by atoms with Crippen LogP contribution in [-0.4, -0.2) is 23.7 Å². The summed E-state index contributed by atoms with van der Waals surface area (Å²) in [5.41, 5.74) is -0.181. The molecule has 0 aromatic heterocycles. The van der Waals surface area contributed by atoms with E-state index in [1.807, 2.05) is 0 Å². The first kappa shape index (κ1) is 19.6. The molecule has 0 bridgehead atoms. The lowest BCUT2D eigenvalue weighted by Crippen LogP contribution is -2.46. The summed E-state index contributed by atoms with van der Waals surface area (Å²) in [7, 11) is -3.54. The molecule has 5 nitrogen and oxygen atoms in total. The summed E-state index contributed by atoms with van der Waals surface area (Å²) in [5.74, 6) is -0.871. The zero-order valence-corrected chi connectivity index (χ0v) is 14.8. The molecule has 1 unspecified atom stereocenters. The molecule has 1 fully saturated rings. The van der Waals surface area contributed by atoms with E-state index >= 15 is 0 Å². The van der Waals surface area contributed by atoms with Crippen molar-refractivity contribution in [1.82, 2.24) is 10.0 Å². The van der Waals surface area contributed by atoms with Gasteiger partial charge in [0.1, 0.15) is 21.5 Å². The van der Waals surface area contributed by atoms with Crippen LogP contribution in [0.15, 0.2) is 53.4 Å². The number of halogens is 4. The van der Waals surface area contributed by atoms with Gasteiger partial charge < -0.3 is 10.1 Å². The van der Waals surface area contributed by atoms with Crippen molar-refractivity contribution in [2.45, 2.75) is 23.2 Å². The Kier molecular flexibility index (Phi) is 5.15. The number of rotatable bonds is 5. The summed E-state index contributed by atoms with van der Waals surface area (Å²) in [4.78, 5) is 0.0189. The van der Waals surface area contributed by atoms with Gasteiger partial charge in [-0.15, -0.1) is 13.2 Å². The van der Waals surface area contributed by atoms with Gasteiger partial charge in [-0.05, 0) is 54.9 Å². The van der Waals surface area contributed by atoms with Gasteiger partial charge in [-0.25, -0.2) is 18.1 Å². The lowest BCUT2D eigenvalue weighted by Gasteiger charge is -2.31. The Hall–Kier alpha value is -2.17. The van der Waals surface area contributed by atoms with Crippen LogP contribution in [-0.2, 0) is 15.5 Å². The zero-order valence-electron chi connectivity index (χ0n) is 14.0. The van der Waals surface area contributed by atoms with E-state index < -0.39 is 33.4 Å². The molecule has 2 atom stereocenters. The third-order valence-electron chi connectivity index (χ3n) is 4.28. The molecule has 0 amide bonds. The van der Waals surface area contributed by atoms with Crippen molar-refractivity contribution in [3.63, 3.8) is 0 Å². The van der Waals surface area contributed by atoms with E-state index in [0.717, 1.165) is 24.3 Å². The molecule has 0 radical (unpaired) electrons. The topological polar surface area (TPSA) is 74.2 Å². The van der Waals surface area contributed by atoms with Crippen molar-refractivity contribution in [2.75, 3.05) is 13.1 Å². The highest BCUT2D eigenvalue weighted by Gasteiger charge is 2.38. The molecular weight excluding hydrogens is 386 g/mol. The molecular formula is C17H17F4N3O2S. The highest BCUT2D eigenvalue weighted by molar-refractivity contribution is 7.90. The minimum absolute atomic E-state index is 0.0189. The fourth-order valence-electron chi connectivity index (χ4n) is 3.02. The number of alkyl halides is 3. The van der Waals surface area contributed by atoms with Crippen LogP contribution >= 0.6 is 0 Å². The molecule has 3 N–H and O–H groups in total. The number of hydrogen-bond donors (Lipinski definition) is 3. The van der Waals surface area contributed by atoms with Crippen LogP contribution in [0, 0.1) is 10.6 Å². The first-order valence-corrected chi connectivity index (χ1v) is 9.56.